The van der Waals surface area contributed by atoms with Crippen LogP contribution in [0.25, 0.3) is 0 Å². The van der Waals surface area contributed by atoms with Crippen molar-refractivity contribution in [2.45, 2.75) is 13.0 Å². The van der Waals surface area contributed by atoms with Crippen molar-refractivity contribution < 1.29 is 14.4 Å². The summed E-state index contributed by atoms with van der Waals surface area (Å²) in [5.41, 5.74) is 14.3. The summed E-state index contributed by atoms with van der Waals surface area (Å²) in [7, 11) is 0. The topological polar surface area (TPSA) is 107 Å². The van der Waals surface area contributed by atoms with Crippen molar-refractivity contribution in [2.24, 2.45) is 11.5 Å². The van der Waals surface area contributed by atoms with Gasteiger partial charge < -0.3 is 11.5 Å². The molecule has 6 heteroatoms. The number of nitrogens with two attached hydrogens (primary N) is 2. The number of primary amides is 1. The first-order valence-electron chi connectivity index (χ1n) is 5.03. The minimum Gasteiger partial charge on any atom is -0.368 e. The van der Waals surface area contributed by atoms with Gasteiger partial charge in [-0.05, 0) is 12.5 Å². The number of benzene rings is 1. The van der Waals surface area contributed by atoms with Crippen molar-refractivity contribution in [3.8, 4) is 0 Å². The fourth-order valence-electron chi connectivity index (χ4n) is 1.17. The highest BCUT2D eigenvalue weighted by atomic mass is 16.7. The molecule has 0 saturated heterocycles. The molecule has 0 aliphatic heterocycles. The number of nitrogens with one attached hydrogen (secondary N) is 1. The molecule has 1 unspecified atom stereocenters. The molecule has 0 aromatic heterocycles. The smallest absolute Gasteiger partial charge is 0.265 e. The highest BCUT2D eigenvalue weighted by Gasteiger charge is 2.15. The van der Waals surface area contributed by atoms with Gasteiger partial charge in [0.05, 0.1) is 0 Å². The van der Waals surface area contributed by atoms with Crippen LogP contribution in [0.2, 0.25) is 0 Å². The lowest BCUT2D eigenvalue weighted by Crippen LogP contribution is -2.36. The van der Waals surface area contributed by atoms with Gasteiger partial charge >= 0.3 is 0 Å². The van der Waals surface area contributed by atoms with Crippen LogP contribution in [-0.2, 0) is 14.4 Å². The molecular weight excluding hydrogens is 222 g/mol. The molecule has 0 bridgehead atoms. The SMILES string of the molecule is Cc1ccc(C(N)C(=O)NOCC(N)=O)cc1. The molecule has 5 N–H and O–H groups in total. The zero-order valence-corrected chi connectivity index (χ0v) is 9.47. The van der Waals surface area contributed by atoms with Gasteiger partial charge in [0.15, 0.2) is 6.61 Å². The molecule has 0 spiro atoms. The van der Waals surface area contributed by atoms with Crippen LogP contribution in [0.1, 0.15) is 17.2 Å². The average Bonchev–Trinajstić information content (AvgIpc) is 2.28. The molecule has 0 aliphatic carbocycles. The van der Waals surface area contributed by atoms with E-state index in [1.165, 1.54) is 0 Å². The monoisotopic (exact) mass is 237 g/mol. The Kier molecular flexibility index (Phi) is 4.62. The van der Waals surface area contributed by atoms with Gasteiger partial charge in [-0.2, -0.15) is 0 Å². The Labute approximate surface area is 98.9 Å². The Hall–Kier alpha value is -1.92. The van der Waals surface area contributed by atoms with E-state index in [4.69, 9.17) is 11.5 Å². The normalized spacial score (nSPS) is 11.9. The molecular formula is C11H15N3O3. The van der Waals surface area contributed by atoms with Crippen LogP contribution in [0.15, 0.2) is 24.3 Å². The van der Waals surface area contributed by atoms with Crippen molar-refractivity contribution in [1.82, 2.24) is 5.48 Å². The van der Waals surface area contributed by atoms with E-state index in [1.54, 1.807) is 12.1 Å². The third-order valence-corrected chi connectivity index (χ3v) is 2.11. The lowest BCUT2D eigenvalue weighted by molar-refractivity contribution is -0.139. The van der Waals surface area contributed by atoms with Crippen LogP contribution in [0.4, 0.5) is 0 Å². The molecule has 2 amide bonds. The van der Waals surface area contributed by atoms with Crippen LogP contribution in [-0.4, -0.2) is 18.4 Å². The molecule has 17 heavy (non-hydrogen) atoms. The van der Waals surface area contributed by atoms with Crippen LogP contribution >= 0.6 is 0 Å². The van der Waals surface area contributed by atoms with Gasteiger partial charge in [0.1, 0.15) is 6.04 Å². The van der Waals surface area contributed by atoms with Gasteiger partial charge in [0, 0.05) is 0 Å². The van der Waals surface area contributed by atoms with E-state index in [-0.39, 0.29) is 6.61 Å². The first kappa shape index (κ1) is 13.1. The molecule has 1 aromatic carbocycles. The van der Waals surface area contributed by atoms with Crippen molar-refractivity contribution in [1.29, 1.82) is 0 Å². The Morgan fingerprint density at radius 3 is 2.47 bits per heavy atom. The Morgan fingerprint density at radius 1 is 1.35 bits per heavy atom. The average molecular weight is 237 g/mol. The summed E-state index contributed by atoms with van der Waals surface area (Å²) in [4.78, 5) is 26.4. The summed E-state index contributed by atoms with van der Waals surface area (Å²) < 4.78 is 0. The summed E-state index contributed by atoms with van der Waals surface area (Å²) in [6.07, 6.45) is 0. The molecule has 1 rings (SSSR count). The number of amides is 2. The second kappa shape index (κ2) is 5.97. The fourth-order valence-corrected chi connectivity index (χ4v) is 1.17. The number of aryl methyl sites for hydroxylation is 1. The maximum absolute atomic E-state index is 11.5. The lowest BCUT2D eigenvalue weighted by atomic mass is 10.1. The summed E-state index contributed by atoms with van der Waals surface area (Å²) in [6.45, 7) is 1.55. The second-order valence-corrected chi connectivity index (χ2v) is 3.61. The quantitative estimate of drug-likeness (QED) is 0.601. The van der Waals surface area contributed by atoms with E-state index in [0.29, 0.717) is 5.56 Å². The van der Waals surface area contributed by atoms with Gasteiger partial charge in [-0.25, -0.2) is 5.48 Å². The largest absolute Gasteiger partial charge is 0.368 e. The van der Waals surface area contributed by atoms with E-state index in [0.717, 1.165) is 5.56 Å². The van der Waals surface area contributed by atoms with E-state index in [1.807, 2.05) is 19.1 Å². The minimum atomic E-state index is -0.844. The van der Waals surface area contributed by atoms with Crippen LogP contribution < -0.4 is 16.9 Å². The molecule has 92 valence electrons. The minimum absolute atomic E-state index is 0.383. The number of hydrogen-bond donors (Lipinski definition) is 3. The zero-order valence-electron chi connectivity index (χ0n) is 9.47. The zero-order chi connectivity index (χ0) is 12.8. The molecule has 0 aliphatic rings. The third kappa shape index (κ3) is 4.21. The molecule has 0 heterocycles. The van der Waals surface area contributed by atoms with Crippen LogP contribution in [0.3, 0.4) is 0 Å². The lowest BCUT2D eigenvalue weighted by Gasteiger charge is -2.12. The number of carbonyl (C=O) groups is 2. The number of hydroxylamine groups is 1. The molecule has 0 fully saturated rings. The Balaban J connectivity index is 2.51. The van der Waals surface area contributed by atoms with Gasteiger partial charge in [0.25, 0.3) is 5.91 Å². The standard InChI is InChI=1S/C11H15N3O3/c1-7-2-4-8(5-3-7)10(13)11(16)14-17-6-9(12)15/h2-5,10H,6,13H2,1H3,(H2,12,15)(H,14,16). The number of rotatable bonds is 5. The molecule has 0 radical (unpaired) electrons. The van der Waals surface area contributed by atoms with Crippen molar-refractivity contribution in [3.63, 3.8) is 0 Å². The van der Waals surface area contributed by atoms with E-state index in [2.05, 4.69) is 10.3 Å². The van der Waals surface area contributed by atoms with E-state index in [9.17, 15) is 9.59 Å². The van der Waals surface area contributed by atoms with Gasteiger partial charge in [-0.15, -0.1) is 0 Å². The van der Waals surface area contributed by atoms with Gasteiger partial charge in [-0.3, -0.25) is 14.4 Å². The Bertz CT molecular complexity index is 403. The first-order chi connectivity index (χ1) is 8.00. The fraction of sp³-hybridized carbons (Fsp3) is 0.273. The Morgan fingerprint density at radius 2 is 1.94 bits per heavy atom. The highest BCUT2D eigenvalue weighted by Crippen LogP contribution is 2.11. The highest BCUT2D eigenvalue weighted by molar-refractivity contribution is 5.82. The van der Waals surface area contributed by atoms with Crippen molar-refractivity contribution in [2.75, 3.05) is 6.61 Å². The molecule has 0 saturated carbocycles. The summed E-state index contributed by atoms with van der Waals surface area (Å²) in [5.74, 6) is -1.20. The molecule has 1 atom stereocenters. The maximum atomic E-state index is 11.5. The predicted molar refractivity (Wildman–Crippen MR) is 61.4 cm³/mol. The second-order valence-electron chi connectivity index (χ2n) is 3.61. The van der Waals surface area contributed by atoms with Crippen molar-refractivity contribution >= 4 is 11.8 Å². The van der Waals surface area contributed by atoms with Crippen LogP contribution in [0, 0.1) is 6.92 Å². The van der Waals surface area contributed by atoms with Crippen molar-refractivity contribution in [3.05, 3.63) is 35.4 Å². The summed E-state index contributed by atoms with van der Waals surface area (Å²) >= 11 is 0. The summed E-state index contributed by atoms with van der Waals surface area (Å²) in [5, 5.41) is 0. The van der Waals surface area contributed by atoms with Gasteiger partial charge in [0.2, 0.25) is 5.91 Å². The van der Waals surface area contributed by atoms with E-state index < -0.39 is 17.9 Å². The van der Waals surface area contributed by atoms with E-state index >= 15 is 0 Å². The van der Waals surface area contributed by atoms with Gasteiger partial charge in [-0.1, -0.05) is 29.8 Å². The third-order valence-electron chi connectivity index (χ3n) is 2.11. The van der Waals surface area contributed by atoms with Crippen LogP contribution in [0.5, 0.6) is 0 Å². The number of carbonyl (C=O) groups excluding carboxylic acids is 2. The predicted octanol–water partition coefficient (Wildman–Crippen LogP) is -0.472. The maximum Gasteiger partial charge on any atom is 0.265 e. The summed E-state index contributed by atoms with van der Waals surface area (Å²) in [6, 6.07) is 6.38. The molecule has 6 nitrogen and oxygen atoms in total. The molecule has 1 aromatic rings. The number of hydrogen-bond acceptors (Lipinski definition) is 4. The first-order valence-corrected chi connectivity index (χ1v) is 5.03.